The van der Waals surface area contributed by atoms with E-state index < -0.39 is 9.76 Å². The molecule has 0 radical (unpaired) electrons. The van der Waals surface area contributed by atoms with Gasteiger partial charge in [0, 0.05) is 6.10 Å². The summed E-state index contributed by atoms with van der Waals surface area (Å²) < 4.78 is 5.66. The van der Waals surface area contributed by atoms with Crippen molar-refractivity contribution in [1.82, 2.24) is 0 Å². The van der Waals surface area contributed by atoms with Gasteiger partial charge >= 0.3 is 0 Å². The normalized spacial score (nSPS) is 11.3. The van der Waals surface area contributed by atoms with Crippen LogP contribution in [-0.4, -0.2) is 15.9 Å². The summed E-state index contributed by atoms with van der Waals surface area (Å²) >= 11 is 0. The molecule has 0 aromatic heterocycles. The van der Waals surface area contributed by atoms with Crippen molar-refractivity contribution in [2.75, 3.05) is 0 Å². The van der Waals surface area contributed by atoms with Crippen LogP contribution in [0.5, 0.6) is 0 Å². The predicted octanol–water partition coefficient (Wildman–Crippen LogP) is 1.46. The highest BCUT2D eigenvalue weighted by atomic mass is 28.2. The number of rotatable bonds is 4. The van der Waals surface area contributed by atoms with Crippen molar-refractivity contribution in [2.45, 2.75) is 20.0 Å². The maximum Gasteiger partial charge on any atom is 0.193 e. The average molecular weight is 192 g/mol. The van der Waals surface area contributed by atoms with Gasteiger partial charge in [-0.15, -0.1) is 0 Å². The standard InChI is InChI=1S/C11H16OSi/c1-4-10-7-5-6-8-11(10)13-12-9(2)3/h4-9H,1,13H2,2-3H3. The molecule has 1 aromatic rings. The lowest BCUT2D eigenvalue weighted by atomic mass is 10.2. The van der Waals surface area contributed by atoms with E-state index in [1.54, 1.807) is 0 Å². The second-order valence-corrected chi connectivity index (χ2v) is 4.65. The fourth-order valence-electron chi connectivity index (χ4n) is 1.12. The van der Waals surface area contributed by atoms with Gasteiger partial charge < -0.3 is 4.43 Å². The smallest absolute Gasteiger partial charge is 0.193 e. The molecule has 0 spiro atoms. The molecule has 0 amide bonds. The summed E-state index contributed by atoms with van der Waals surface area (Å²) in [6.45, 7) is 7.93. The Kier molecular flexibility index (Phi) is 3.93. The van der Waals surface area contributed by atoms with Gasteiger partial charge in [-0.25, -0.2) is 0 Å². The van der Waals surface area contributed by atoms with Crippen LogP contribution in [-0.2, 0) is 4.43 Å². The zero-order valence-electron chi connectivity index (χ0n) is 8.29. The van der Waals surface area contributed by atoms with Gasteiger partial charge in [-0.1, -0.05) is 36.9 Å². The van der Waals surface area contributed by atoms with Crippen molar-refractivity contribution < 1.29 is 4.43 Å². The Labute approximate surface area is 82.4 Å². The first-order valence-electron chi connectivity index (χ1n) is 4.56. The van der Waals surface area contributed by atoms with Crippen molar-refractivity contribution >= 4 is 21.0 Å². The van der Waals surface area contributed by atoms with Crippen LogP contribution in [0.25, 0.3) is 6.08 Å². The van der Waals surface area contributed by atoms with Crippen LogP contribution < -0.4 is 5.19 Å². The summed E-state index contributed by atoms with van der Waals surface area (Å²) in [5.41, 5.74) is 1.22. The molecule has 0 N–H and O–H groups in total. The highest BCUT2D eigenvalue weighted by molar-refractivity contribution is 6.48. The van der Waals surface area contributed by atoms with E-state index in [0.29, 0.717) is 6.10 Å². The molecule has 1 aromatic carbocycles. The molecule has 0 heterocycles. The molecule has 0 aliphatic rings. The summed E-state index contributed by atoms with van der Waals surface area (Å²) in [6.07, 6.45) is 2.23. The number of hydrogen-bond acceptors (Lipinski definition) is 1. The molecule has 0 fully saturated rings. The molecule has 0 saturated carbocycles. The van der Waals surface area contributed by atoms with Crippen molar-refractivity contribution in [2.24, 2.45) is 0 Å². The molecular weight excluding hydrogens is 176 g/mol. The van der Waals surface area contributed by atoms with Gasteiger partial charge in [-0.3, -0.25) is 0 Å². The molecule has 0 aliphatic heterocycles. The molecule has 0 aliphatic carbocycles. The summed E-state index contributed by atoms with van der Waals surface area (Å²) in [7, 11) is -0.570. The predicted molar refractivity (Wildman–Crippen MR) is 60.9 cm³/mol. The molecule has 0 unspecified atom stereocenters. The van der Waals surface area contributed by atoms with E-state index in [0.717, 1.165) is 0 Å². The zero-order valence-corrected chi connectivity index (χ0v) is 9.70. The Bertz CT molecular complexity index is 281. The van der Waals surface area contributed by atoms with Crippen LogP contribution in [0.2, 0.25) is 0 Å². The maximum atomic E-state index is 5.66. The lowest BCUT2D eigenvalue weighted by molar-refractivity contribution is 0.260. The van der Waals surface area contributed by atoms with Crippen LogP contribution in [0.4, 0.5) is 0 Å². The van der Waals surface area contributed by atoms with Crippen LogP contribution >= 0.6 is 0 Å². The van der Waals surface area contributed by atoms with E-state index in [2.05, 4.69) is 38.6 Å². The van der Waals surface area contributed by atoms with Gasteiger partial charge in [-0.2, -0.15) is 0 Å². The first-order chi connectivity index (χ1) is 6.24. The fourth-order valence-corrected chi connectivity index (χ4v) is 2.30. The van der Waals surface area contributed by atoms with Gasteiger partial charge in [-0.05, 0) is 24.6 Å². The van der Waals surface area contributed by atoms with Crippen LogP contribution in [0.1, 0.15) is 19.4 Å². The summed E-state index contributed by atoms with van der Waals surface area (Å²) in [5.74, 6) is 0. The molecule has 0 saturated heterocycles. The summed E-state index contributed by atoms with van der Waals surface area (Å²) in [6, 6.07) is 8.30. The van der Waals surface area contributed by atoms with Crippen molar-refractivity contribution in [3.8, 4) is 0 Å². The van der Waals surface area contributed by atoms with Crippen molar-refractivity contribution in [3.63, 3.8) is 0 Å². The molecular formula is C11H16OSi. The molecule has 0 atom stereocenters. The summed E-state index contributed by atoms with van der Waals surface area (Å²) in [4.78, 5) is 0. The van der Waals surface area contributed by atoms with E-state index in [1.807, 2.05) is 12.1 Å². The first kappa shape index (κ1) is 10.2. The second kappa shape index (κ2) is 4.99. The van der Waals surface area contributed by atoms with E-state index in [9.17, 15) is 0 Å². The molecule has 0 bridgehead atoms. The van der Waals surface area contributed by atoms with E-state index in [-0.39, 0.29) is 0 Å². The minimum atomic E-state index is -0.570. The monoisotopic (exact) mass is 192 g/mol. The quantitative estimate of drug-likeness (QED) is 0.656. The van der Waals surface area contributed by atoms with Gasteiger partial charge in [0.05, 0.1) is 0 Å². The van der Waals surface area contributed by atoms with Crippen LogP contribution in [0, 0.1) is 0 Å². The third kappa shape index (κ3) is 3.17. The Morgan fingerprint density at radius 2 is 2.08 bits per heavy atom. The Morgan fingerprint density at radius 1 is 1.38 bits per heavy atom. The topological polar surface area (TPSA) is 9.23 Å². The fraction of sp³-hybridized carbons (Fsp3) is 0.273. The van der Waals surface area contributed by atoms with E-state index in [4.69, 9.17) is 4.43 Å². The molecule has 2 heteroatoms. The molecule has 1 rings (SSSR count). The average Bonchev–Trinajstić information content (AvgIpc) is 2.15. The van der Waals surface area contributed by atoms with Gasteiger partial charge in [0.2, 0.25) is 0 Å². The largest absolute Gasteiger partial charge is 0.416 e. The van der Waals surface area contributed by atoms with E-state index in [1.165, 1.54) is 10.8 Å². The van der Waals surface area contributed by atoms with Gasteiger partial charge in [0.15, 0.2) is 9.76 Å². The number of benzene rings is 1. The molecule has 1 nitrogen and oxygen atoms in total. The highest BCUT2D eigenvalue weighted by Gasteiger charge is 2.00. The summed E-state index contributed by atoms with van der Waals surface area (Å²) in [5, 5.41) is 1.34. The maximum absolute atomic E-state index is 5.66. The Hall–Kier alpha value is -0.863. The van der Waals surface area contributed by atoms with Crippen molar-refractivity contribution in [3.05, 3.63) is 36.4 Å². The Balaban J connectivity index is 2.69. The van der Waals surface area contributed by atoms with Gasteiger partial charge in [0.25, 0.3) is 0 Å². The van der Waals surface area contributed by atoms with E-state index >= 15 is 0 Å². The second-order valence-electron chi connectivity index (χ2n) is 3.26. The first-order valence-corrected chi connectivity index (χ1v) is 5.84. The van der Waals surface area contributed by atoms with Crippen LogP contribution in [0.3, 0.4) is 0 Å². The van der Waals surface area contributed by atoms with Crippen LogP contribution in [0.15, 0.2) is 30.8 Å². The lowest BCUT2D eigenvalue weighted by Gasteiger charge is -2.09. The molecule has 13 heavy (non-hydrogen) atoms. The minimum absolute atomic E-state index is 0.338. The number of hydrogen-bond donors (Lipinski definition) is 0. The Morgan fingerprint density at radius 3 is 2.69 bits per heavy atom. The minimum Gasteiger partial charge on any atom is -0.416 e. The van der Waals surface area contributed by atoms with Crippen molar-refractivity contribution in [1.29, 1.82) is 0 Å². The third-order valence-electron chi connectivity index (χ3n) is 1.85. The SMILES string of the molecule is C=Cc1ccccc1[SiH2]OC(C)C. The molecule has 70 valence electrons. The third-order valence-corrected chi connectivity index (χ3v) is 3.64. The highest BCUT2D eigenvalue weighted by Crippen LogP contribution is 1.97. The zero-order chi connectivity index (χ0) is 9.68. The van der Waals surface area contributed by atoms with Gasteiger partial charge in [0.1, 0.15) is 0 Å². The lowest BCUT2D eigenvalue weighted by Crippen LogP contribution is -2.23.